The number of aliphatic hydroxyl groups is 1. The third-order valence-corrected chi connectivity index (χ3v) is 8.51. The lowest BCUT2D eigenvalue weighted by atomic mass is 9.47. The lowest BCUT2D eigenvalue weighted by Gasteiger charge is -2.59. The molecule has 8 bridgehead atoms. The molecule has 0 aromatic heterocycles. The monoisotopic (exact) mass is 284 g/mol. The van der Waals surface area contributed by atoms with E-state index in [1.165, 1.54) is 51.4 Å². The average molecular weight is 284 g/mol. The molecule has 1 nitrogen and oxygen atoms in total. The van der Waals surface area contributed by atoms with Gasteiger partial charge in [-0.05, 0) is 99.2 Å². The van der Waals surface area contributed by atoms with Crippen LogP contribution in [0.5, 0.6) is 0 Å². The fourth-order valence-corrected chi connectivity index (χ4v) is 8.26. The zero-order valence-electron chi connectivity index (χ0n) is 13.0. The van der Waals surface area contributed by atoms with Gasteiger partial charge in [0.2, 0.25) is 0 Å². The zero-order valence-corrected chi connectivity index (χ0v) is 13.0. The second kappa shape index (κ2) is 3.96. The minimum Gasteiger partial charge on any atom is -0.392 e. The van der Waals surface area contributed by atoms with Crippen LogP contribution in [0.2, 0.25) is 0 Å². The number of hydrogen-bond acceptors (Lipinski definition) is 1. The number of aliphatic hydroxyl groups excluding tert-OH is 1. The quantitative estimate of drug-likeness (QED) is 0.662. The van der Waals surface area contributed by atoms with Gasteiger partial charge in [0.15, 0.2) is 0 Å². The maximum absolute atomic E-state index is 10.8. The van der Waals surface area contributed by atoms with E-state index in [4.69, 9.17) is 0 Å². The van der Waals surface area contributed by atoms with Gasteiger partial charge in [0, 0.05) is 5.92 Å². The summed E-state index contributed by atoms with van der Waals surface area (Å²) in [5.74, 6) is 7.13. The first-order valence-corrected chi connectivity index (χ1v) is 9.68. The normalized spacial score (nSPS) is 60.1. The molecule has 0 aromatic rings. The second-order valence-corrected chi connectivity index (χ2v) is 9.58. The summed E-state index contributed by atoms with van der Waals surface area (Å²) in [5, 5.41) is 10.8. The van der Waals surface area contributed by atoms with Gasteiger partial charge in [-0.1, -0.05) is 11.1 Å². The van der Waals surface area contributed by atoms with Crippen molar-refractivity contribution in [3.05, 3.63) is 11.1 Å². The molecule has 8 rings (SSSR count). The second-order valence-electron chi connectivity index (χ2n) is 9.58. The Morgan fingerprint density at radius 1 is 0.571 bits per heavy atom. The Hall–Kier alpha value is -0.300. The molecule has 0 aliphatic heterocycles. The number of hydrogen-bond donors (Lipinski definition) is 1. The molecule has 0 unspecified atom stereocenters. The SMILES string of the molecule is O[C@H]1[C@@H]2C[C@H]3C[C@@H](C2)C(=C2C4CC5CC(C4)CC2C5)[C@@H]1C3. The number of allylic oxidation sites excluding steroid dienone is 1. The van der Waals surface area contributed by atoms with Gasteiger partial charge in [-0.15, -0.1) is 0 Å². The molecule has 8 aliphatic carbocycles. The molecular formula is C20H28O. The lowest BCUT2D eigenvalue weighted by Crippen LogP contribution is -2.52. The van der Waals surface area contributed by atoms with Gasteiger partial charge in [0.1, 0.15) is 0 Å². The van der Waals surface area contributed by atoms with Crippen LogP contribution in [0.15, 0.2) is 11.1 Å². The first-order valence-electron chi connectivity index (χ1n) is 9.68. The van der Waals surface area contributed by atoms with Crippen molar-refractivity contribution in [2.24, 2.45) is 47.3 Å². The van der Waals surface area contributed by atoms with Gasteiger partial charge in [-0.3, -0.25) is 0 Å². The average Bonchev–Trinajstić information content (AvgIpc) is 2.45. The van der Waals surface area contributed by atoms with Crippen LogP contribution in [-0.4, -0.2) is 11.2 Å². The first-order chi connectivity index (χ1) is 10.3. The van der Waals surface area contributed by atoms with Crippen LogP contribution >= 0.6 is 0 Å². The van der Waals surface area contributed by atoms with Crippen LogP contribution in [0.3, 0.4) is 0 Å². The van der Waals surface area contributed by atoms with E-state index >= 15 is 0 Å². The minimum atomic E-state index is 0.0255. The molecule has 0 aromatic carbocycles. The zero-order chi connectivity index (χ0) is 13.7. The summed E-state index contributed by atoms with van der Waals surface area (Å²) in [5.41, 5.74) is 3.79. The van der Waals surface area contributed by atoms with Crippen LogP contribution in [0.1, 0.15) is 57.8 Å². The van der Waals surface area contributed by atoms with E-state index in [2.05, 4.69) is 0 Å². The van der Waals surface area contributed by atoms with Crippen LogP contribution < -0.4 is 0 Å². The van der Waals surface area contributed by atoms with Crippen molar-refractivity contribution in [2.75, 3.05) is 0 Å². The minimum absolute atomic E-state index is 0.0255. The van der Waals surface area contributed by atoms with Gasteiger partial charge in [0.25, 0.3) is 0 Å². The molecule has 1 N–H and O–H groups in total. The number of rotatable bonds is 0. The topological polar surface area (TPSA) is 20.2 Å². The summed E-state index contributed by atoms with van der Waals surface area (Å²) in [6, 6.07) is 0. The Morgan fingerprint density at radius 3 is 1.81 bits per heavy atom. The van der Waals surface area contributed by atoms with Gasteiger partial charge in [0.05, 0.1) is 6.10 Å². The van der Waals surface area contributed by atoms with Crippen molar-refractivity contribution in [1.82, 2.24) is 0 Å². The third kappa shape index (κ3) is 1.52. The first kappa shape index (κ1) is 12.2. The maximum atomic E-state index is 10.8. The molecule has 8 aliphatic rings. The Balaban J connectivity index is 1.47. The summed E-state index contributed by atoms with van der Waals surface area (Å²) in [6.45, 7) is 0. The fraction of sp³-hybridized carbons (Fsp3) is 0.900. The molecule has 114 valence electrons. The maximum Gasteiger partial charge on any atom is 0.0634 e. The molecule has 1 heteroatoms. The van der Waals surface area contributed by atoms with Crippen molar-refractivity contribution in [2.45, 2.75) is 63.9 Å². The van der Waals surface area contributed by atoms with Gasteiger partial charge in [-0.2, -0.15) is 0 Å². The van der Waals surface area contributed by atoms with Crippen LogP contribution in [-0.2, 0) is 0 Å². The highest BCUT2D eigenvalue weighted by molar-refractivity contribution is 5.34. The smallest absolute Gasteiger partial charge is 0.0634 e. The molecule has 8 fully saturated rings. The standard InChI is InChI=1S/C20H28O/c21-20-16-7-12-6-15(9-16)19(17(20)8-12)18-13-2-10-1-11(4-13)5-14(18)3-10/h10-17,20-21H,1-9H2/t10?,11?,12-,13?,14?,15+,16-,17+,20+/m1/s1. The molecule has 8 saturated carbocycles. The molecule has 0 radical (unpaired) electrons. The van der Waals surface area contributed by atoms with Gasteiger partial charge in [-0.25, -0.2) is 0 Å². The molecule has 0 amide bonds. The summed E-state index contributed by atoms with van der Waals surface area (Å²) >= 11 is 0. The van der Waals surface area contributed by atoms with E-state index in [1.54, 1.807) is 6.42 Å². The van der Waals surface area contributed by atoms with Crippen molar-refractivity contribution in [3.63, 3.8) is 0 Å². The molecule has 21 heavy (non-hydrogen) atoms. The summed E-state index contributed by atoms with van der Waals surface area (Å²) < 4.78 is 0. The van der Waals surface area contributed by atoms with Gasteiger partial charge >= 0.3 is 0 Å². The van der Waals surface area contributed by atoms with E-state index in [-0.39, 0.29) is 6.10 Å². The van der Waals surface area contributed by atoms with Crippen LogP contribution in [0, 0.1) is 47.3 Å². The predicted molar refractivity (Wildman–Crippen MR) is 82.5 cm³/mol. The summed E-state index contributed by atoms with van der Waals surface area (Å²) in [4.78, 5) is 0. The van der Waals surface area contributed by atoms with E-state index < -0.39 is 0 Å². The van der Waals surface area contributed by atoms with Crippen molar-refractivity contribution < 1.29 is 5.11 Å². The highest BCUT2D eigenvalue weighted by Gasteiger charge is 2.54. The third-order valence-electron chi connectivity index (χ3n) is 8.51. The summed E-state index contributed by atoms with van der Waals surface area (Å²) in [7, 11) is 0. The Morgan fingerprint density at radius 2 is 1.14 bits per heavy atom. The lowest BCUT2D eigenvalue weighted by molar-refractivity contribution is -0.0620. The van der Waals surface area contributed by atoms with E-state index in [9.17, 15) is 5.11 Å². The van der Waals surface area contributed by atoms with Gasteiger partial charge < -0.3 is 5.11 Å². The van der Waals surface area contributed by atoms with Crippen LogP contribution in [0.4, 0.5) is 0 Å². The Bertz CT molecular complexity index is 488. The van der Waals surface area contributed by atoms with E-state index in [1.807, 2.05) is 11.1 Å². The Labute approximate surface area is 128 Å². The highest BCUT2D eigenvalue weighted by atomic mass is 16.3. The molecule has 5 atom stereocenters. The van der Waals surface area contributed by atoms with E-state index in [0.29, 0.717) is 11.8 Å². The van der Waals surface area contributed by atoms with Crippen molar-refractivity contribution >= 4 is 0 Å². The summed E-state index contributed by atoms with van der Waals surface area (Å²) in [6.07, 6.45) is 13.1. The van der Waals surface area contributed by atoms with Crippen molar-refractivity contribution in [1.29, 1.82) is 0 Å². The Kier molecular flexibility index (Phi) is 2.29. The molecule has 0 spiro atoms. The highest BCUT2D eigenvalue weighted by Crippen LogP contribution is 2.63. The van der Waals surface area contributed by atoms with Crippen LogP contribution in [0.25, 0.3) is 0 Å². The fourth-order valence-electron chi connectivity index (χ4n) is 8.26. The van der Waals surface area contributed by atoms with Crippen molar-refractivity contribution in [3.8, 4) is 0 Å². The van der Waals surface area contributed by atoms with E-state index in [0.717, 1.165) is 35.5 Å². The largest absolute Gasteiger partial charge is 0.392 e. The molecule has 0 saturated heterocycles. The molecular weight excluding hydrogens is 256 g/mol. The molecule has 0 heterocycles. The predicted octanol–water partition coefficient (Wildman–Crippen LogP) is 4.17.